The van der Waals surface area contributed by atoms with Crippen molar-refractivity contribution in [1.82, 2.24) is 24.3 Å². The zero-order valence-corrected chi connectivity index (χ0v) is 14.8. The number of aliphatic hydroxyl groups is 1. The van der Waals surface area contributed by atoms with Crippen LogP contribution in [-0.2, 0) is 17.6 Å². The molecular formula is C15H17F6N5O. The normalized spacial score (nSPS) is 20.2. The molecular weight excluding hydrogens is 380 g/mol. The second-order valence-corrected chi connectivity index (χ2v) is 7.34. The second kappa shape index (κ2) is 5.46. The first-order valence-electron chi connectivity index (χ1n) is 7.98. The highest BCUT2D eigenvalue weighted by atomic mass is 19.4. The summed E-state index contributed by atoms with van der Waals surface area (Å²) in [4.78, 5) is 3.70. The van der Waals surface area contributed by atoms with E-state index in [1.54, 1.807) is 0 Å². The monoisotopic (exact) mass is 397 g/mol. The Morgan fingerprint density at radius 1 is 1.00 bits per heavy atom. The van der Waals surface area contributed by atoms with Crippen molar-refractivity contribution < 1.29 is 31.4 Å². The van der Waals surface area contributed by atoms with Gasteiger partial charge in [-0.2, -0.15) is 26.3 Å². The molecule has 1 unspecified atom stereocenters. The summed E-state index contributed by atoms with van der Waals surface area (Å²) in [7, 11) is 0. The Bertz CT molecular complexity index is 876. The molecule has 0 radical (unpaired) electrons. The van der Waals surface area contributed by atoms with Gasteiger partial charge >= 0.3 is 12.4 Å². The number of halogens is 6. The highest BCUT2D eigenvalue weighted by Gasteiger charge is 2.56. The summed E-state index contributed by atoms with van der Waals surface area (Å²) in [6, 6.07) is -0.711. The molecule has 1 aliphatic heterocycles. The molecule has 150 valence electrons. The van der Waals surface area contributed by atoms with Gasteiger partial charge in [0.2, 0.25) is 5.60 Å². The van der Waals surface area contributed by atoms with Crippen molar-refractivity contribution in [1.29, 1.82) is 0 Å². The predicted octanol–water partition coefficient (Wildman–Crippen LogP) is 3.33. The van der Waals surface area contributed by atoms with Crippen LogP contribution in [0.25, 0.3) is 11.5 Å². The van der Waals surface area contributed by atoms with Crippen LogP contribution in [0.15, 0.2) is 6.20 Å². The molecule has 12 heteroatoms. The van der Waals surface area contributed by atoms with Crippen molar-refractivity contribution in [2.24, 2.45) is 0 Å². The minimum atomic E-state index is -4.98. The van der Waals surface area contributed by atoms with Gasteiger partial charge in [0.1, 0.15) is 16.9 Å². The highest BCUT2D eigenvalue weighted by Crippen LogP contribution is 2.44. The van der Waals surface area contributed by atoms with E-state index in [0.717, 1.165) is 24.6 Å². The van der Waals surface area contributed by atoms with Crippen LogP contribution in [0.4, 0.5) is 26.3 Å². The summed E-state index contributed by atoms with van der Waals surface area (Å²) in [6.45, 7) is 3.92. The quantitative estimate of drug-likeness (QED) is 0.790. The SMILES string of the molecule is C[C@H]1Cn2c(nnc2C(C)(C)C(F)(F)F)-c2cnc(C(C)(O)C(F)(F)F)n21. The van der Waals surface area contributed by atoms with Crippen molar-refractivity contribution in [2.75, 3.05) is 0 Å². The Labute approximate surface area is 149 Å². The van der Waals surface area contributed by atoms with E-state index in [-0.39, 0.29) is 23.9 Å². The number of imidazole rings is 1. The van der Waals surface area contributed by atoms with Gasteiger partial charge in [-0.1, -0.05) is 0 Å². The van der Waals surface area contributed by atoms with E-state index in [2.05, 4.69) is 15.2 Å². The van der Waals surface area contributed by atoms with Crippen molar-refractivity contribution in [2.45, 2.75) is 63.7 Å². The molecule has 0 fully saturated rings. The minimum Gasteiger partial charge on any atom is -0.374 e. The molecule has 0 aromatic carbocycles. The Hall–Kier alpha value is -2.11. The van der Waals surface area contributed by atoms with Gasteiger partial charge in [-0.3, -0.25) is 0 Å². The van der Waals surface area contributed by atoms with E-state index in [0.29, 0.717) is 6.92 Å². The van der Waals surface area contributed by atoms with E-state index in [9.17, 15) is 31.4 Å². The van der Waals surface area contributed by atoms with E-state index in [4.69, 9.17) is 0 Å². The number of hydrogen-bond acceptors (Lipinski definition) is 4. The Balaban J connectivity index is 2.18. The van der Waals surface area contributed by atoms with Crippen LogP contribution in [-0.4, -0.2) is 41.8 Å². The molecule has 27 heavy (non-hydrogen) atoms. The first kappa shape index (κ1) is 19.6. The number of rotatable bonds is 2. The maximum atomic E-state index is 13.4. The maximum Gasteiger partial charge on any atom is 0.424 e. The molecule has 1 aliphatic rings. The van der Waals surface area contributed by atoms with Gasteiger partial charge in [0.05, 0.1) is 12.2 Å². The summed E-state index contributed by atoms with van der Waals surface area (Å²) < 4.78 is 82.2. The largest absolute Gasteiger partial charge is 0.424 e. The van der Waals surface area contributed by atoms with Crippen LogP contribution in [0.5, 0.6) is 0 Å². The van der Waals surface area contributed by atoms with Crippen LogP contribution < -0.4 is 0 Å². The minimum absolute atomic E-state index is 0.0304. The zero-order valence-electron chi connectivity index (χ0n) is 14.8. The summed E-state index contributed by atoms with van der Waals surface area (Å²) in [5, 5.41) is 17.4. The molecule has 0 amide bonds. The molecule has 3 rings (SSSR count). The third-order valence-corrected chi connectivity index (χ3v) is 4.92. The molecule has 0 saturated carbocycles. The molecule has 1 N–H and O–H groups in total. The Morgan fingerprint density at radius 3 is 2.11 bits per heavy atom. The van der Waals surface area contributed by atoms with Crippen LogP contribution in [0.3, 0.4) is 0 Å². The molecule has 2 aromatic rings. The fraction of sp³-hybridized carbons (Fsp3) is 0.667. The molecule has 0 spiro atoms. The molecule has 0 saturated heterocycles. The first-order valence-corrected chi connectivity index (χ1v) is 7.98. The van der Waals surface area contributed by atoms with Crippen molar-refractivity contribution in [3.8, 4) is 11.5 Å². The zero-order chi connectivity index (χ0) is 20.6. The first-order chi connectivity index (χ1) is 12.1. The molecule has 6 nitrogen and oxygen atoms in total. The molecule has 2 aromatic heterocycles. The molecule has 0 aliphatic carbocycles. The Morgan fingerprint density at radius 2 is 1.59 bits per heavy atom. The third kappa shape index (κ3) is 2.64. The molecule has 3 heterocycles. The number of fused-ring (bicyclic) bond motifs is 3. The average Bonchev–Trinajstić information content (AvgIpc) is 3.08. The summed E-state index contributed by atoms with van der Waals surface area (Å²) in [6.07, 6.45) is -8.53. The lowest BCUT2D eigenvalue weighted by Gasteiger charge is -2.33. The lowest BCUT2D eigenvalue weighted by atomic mass is 9.91. The van der Waals surface area contributed by atoms with Gasteiger partial charge < -0.3 is 14.2 Å². The van der Waals surface area contributed by atoms with Gasteiger partial charge in [0.25, 0.3) is 0 Å². The lowest BCUT2D eigenvalue weighted by Crippen LogP contribution is -2.43. The van der Waals surface area contributed by atoms with E-state index >= 15 is 0 Å². The van der Waals surface area contributed by atoms with Crippen LogP contribution >= 0.6 is 0 Å². The maximum absolute atomic E-state index is 13.4. The van der Waals surface area contributed by atoms with Gasteiger partial charge in [0, 0.05) is 6.54 Å². The molecule has 2 atom stereocenters. The number of hydrogen-bond donors (Lipinski definition) is 1. The van der Waals surface area contributed by atoms with E-state index < -0.39 is 35.2 Å². The predicted molar refractivity (Wildman–Crippen MR) is 80.7 cm³/mol. The fourth-order valence-electron chi connectivity index (χ4n) is 3.06. The number of nitrogens with zero attached hydrogens (tertiary/aromatic N) is 5. The summed E-state index contributed by atoms with van der Waals surface area (Å²) >= 11 is 0. The molecule has 0 bridgehead atoms. The van der Waals surface area contributed by atoms with E-state index in [1.165, 1.54) is 11.5 Å². The average molecular weight is 397 g/mol. The van der Waals surface area contributed by atoms with Crippen LogP contribution in [0.1, 0.15) is 45.4 Å². The third-order valence-electron chi connectivity index (χ3n) is 4.92. The second-order valence-electron chi connectivity index (χ2n) is 7.34. The lowest BCUT2D eigenvalue weighted by molar-refractivity contribution is -0.262. The van der Waals surface area contributed by atoms with Crippen molar-refractivity contribution >= 4 is 0 Å². The van der Waals surface area contributed by atoms with Gasteiger partial charge in [-0.15, -0.1) is 10.2 Å². The summed E-state index contributed by atoms with van der Waals surface area (Å²) in [5.41, 5.74) is -5.47. The van der Waals surface area contributed by atoms with Gasteiger partial charge in [-0.25, -0.2) is 4.98 Å². The Kier molecular flexibility index (Phi) is 3.97. The van der Waals surface area contributed by atoms with E-state index in [1.807, 2.05) is 0 Å². The van der Waals surface area contributed by atoms with Crippen LogP contribution in [0, 0.1) is 0 Å². The van der Waals surface area contributed by atoms with Crippen LogP contribution in [0.2, 0.25) is 0 Å². The topological polar surface area (TPSA) is 68.8 Å². The van der Waals surface area contributed by atoms with Crippen molar-refractivity contribution in [3.63, 3.8) is 0 Å². The van der Waals surface area contributed by atoms with Gasteiger partial charge in [-0.05, 0) is 27.7 Å². The summed E-state index contributed by atoms with van der Waals surface area (Å²) in [5.74, 6) is -1.02. The van der Waals surface area contributed by atoms with Crippen molar-refractivity contribution in [3.05, 3.63) is 17.8 Å². The van der Waals surface area contributed by atoms with Gasteiger partial charge in [0.15, 0.2) is 11.6 Å². The highest BCUT2D eigenvalue weighted by molar-refractivity contribution is 5.53. The number of alkyl halides is 6. The fourth-order valence-corrected chi connectivity index (χ4v) is 3.06. The number of aromatic nitrogens is 5. The standard InChI is InChI=1S/C15H17F6N5O/c1-7-6-25-9(23-24-10(25)12(2,3)14(16,17)18)8-5-22-11(26(7)8)13(4,27)15(19,20)21/h5,7,27H,6H2,1-4H3/t7-,13?/m0/s1. The smallest absolute Gasteiger partial charge is 0.374 e.